The highest BCUT2D eigenvalue weighted by atomic mass is 32.2. The third-order valence-electron chi connectivity index (χ3n) is 4.20. The van der Waals surface area contributed by atoms with Crippen molar-refractivity contribution >= 4 is 21.8 Å². The van der Waals surface area contributed by atoms with E-state index in [9.17, 15) is 18.0 Å². The molecule has 1 saturated heterocycles. The van der Waals surface area contributed by atoms with Gasteiger partial charge in [-0.3, -0.25) is 14.5 Å². The van der Waals surface area contributed by atoms with Crippen LogP contribution in [0.1, 0.15) is 38.5 Å². The smallest absolute Gasteiger partial charge is 0.247 e. The molecule has 0 radical (unpaired) electrons. The minimum Gasteiger partial charge on any atom is -0.304 e. The predicted molar refractivity (Wildman–Crippen MR) is 78.0 cm³/mol. The van der Waals surface area contributed by atoms with E-state index < -0.39 is 16.1 Å². The lowest BCUT2D eigenvalue weighted by molar-refractivity contribution is -0.142. The van der Waals surface area contributed by atoms with E-state index in [1.165, 1.54) is 11.9 Å². The van der Waals surface area contributed by atoms with Crippen LogP contribution in [-0.2, 0) is 19.6 Å². The van der Waals surface area contributed by atoms with Gasteiger partial charge in [-0.25, -0.2) is 13.1 Å². The van der Waals surface area contributed by atoms with E-state index in [0.717, 1.165) is 32.1 Å². The molecule has 0 aromatic rings. The van der Waals surface area contributed by atoms with Crippen LogP contribution < -0.4 is 10.0 Å². The summed E-state index contributed by atoms with van der Waals surface area (Å²) in [6.07, 6.45) is 5.18. The zero-order valence-electron chi connectivity index (χ0n) is 12.3. The first kappa shape index (κ1) is 16.4. The van der Waals surface area contributed by atoms with Crippen LogP contribution >= 0.6 is 0 Å². The first-order valence-corrected chi connectivity index (χ1v) is 9.10. The van der Waals surface area contributed by atoms with Gasteiger partial charge in [-0.05, 0) is 19.9 Å². The maximum absolute atomic E-state index is 12.3. The average Bonchev–Trinajstić information content (AvgIpc) is 2.74. The minimum atomic E-state index is -3.30. The Balaban J connectivity index is 1.89. The van der Waals surface area contributed by atoms with Crippen LogP contribution in [0.5, 0.6) is 0 Å². The molecule has 1 aliphatic heterocycles. The third kappa shape index (κ3) is 4.02. The van der Waals surface area contributed by atoms with Gasteiger partial charge in [-0.1, -0.05) is 19.3 Å². The normalized spacial score (nSPS) is 24.8. The molecule has 0 bridgehead atoms. The Hall–Kier alpha value is -0.990. The molecule has 1 heterocycles. The molecule has 1 aliphatic carbocycles. The summed E-state index contributed by atoms with van der Waals surface area (Å²) >= 11 is 0. The van der Waals surface area contributed by atoms with Gasteiger partial charge in [-0.15, -0.1) is 0 Å². The van der Waals surface area contributed by atoms with Gasteiger partial charge < -0.3 is 5.32 Å². The molecule has 1 saturated carbocycles. The van der Waals surface area contributed by atoms with E-state index in [-0.39, 0.29) is 36.6 Å². The van der Waals surface area contributed by atoms with Crippen molar-refractivity contribution < 1.29 is 18.0 Å². The minimum absolute atomic E-state index is 0.0339. The fourth-order valence-electron chi connectivity index (χ4n) is 3.00. The second kappa shape index (κ2) is 6.85. The molecule has 2 N–H and O–H groups in total. The number of amides is 2. The van der Waals surface area contributed by atoms with E-state index in [2.05, 4.69) is 10.0 Å². The highest BCUT2D eigenvalue weighted by Crippen LogP contribution is 2.27. The molecule has 1 unspecified atom stereocenters. The van der Waals surface area contributed by atoms with Crippen molar-refractivity contribution in [2.24, 2.45) is 0 Å². The lowest BCUT2D eigenvalue weighted by Gasteiger charge is -2.29. The van der Waals surface area contributed by atoms with E-state index >= 15 is 0 Å². The second-order valence-electron chi connectivity index (χ2n) is 5.63. The summed E-state index contributed by atoms with van der Waals surface area (Å²) in [5.74, 6) is -0.445. The van der Waals surface area contributed by atoms with Gasteiger partial charge >= 0.3 is 0 Å². The Morgan fingerprint density at radius 2 is 1.86 bits per heavy atom. The molecule has 120 valence electrons. The molecule has 2 amide bonds. The second-order valence-corrected chi connectivity index (χ2v) is 7.67. The van der Waals surface area contributed by atoms with E-state index in [0.29, 0.717) is 0 Å². The van der Waals surface area contributed by atoms with Crippen molar-refractivity contribution in [2.75, 3.05) is 19.3 Å². The van der Waals surface area contributed by atoms with Crippen LogP contribution in [0.25, 0.3) is 0 Å². The number of sulfonamides is 1. The van der Waals surface area contributed by atoms with Gasteiger partial charge in [0.05, 0.1) is 18.2 Å². The van der Waals surface area contributed by atoms with Crippen molar-refractivity contribution in [1.82, 2.24) is 14.9 Å². The Morgan fingerprint density at radius 1 is 1.19 bits per heavy atom. The molecule has 21 heavy (non-hydrogen) atoms. The van der Waals surface area contributed by atoms with Crippen molar-refractivity contribution in [3.8, 4) is 0 Å². The first-order chi connectivity index (χ1) is 9.94. The summed E-state index contributed by atoms with van der Waals surface area (Å²) in [5, 5.41) is 2.89. The number of hydrogen-bond donors (Lipinski definition) is 2. The fraction of sp³-hybridized carbons (Fsp3) is 0.846. The first-order valence-electron chi connectivity index (χ1n) is 7.45. The van der Waals surface area contributed by atoms with Crippen LogP contribution in [0.3, 0.4) is 0 Å². The van der Waals surface area contributed by atoms with E-state index in [1.807, 2.05) is 0 Å². The van der Waals surface area contributed by atoms with Gasteiger partial charge in [0.1, 0.15) is 0 Å². The number of likely N-dealkylation sites (tertiary alicyclic amines) is 1. The number of carbonyl (C=O) groups excluding carboxylic acids is 2. The molecule has 7 nitrogen and oxygen atoms in total. The number of hydrogen-bond acceptors (Lipinski definition) is 5. The van der Waals surface area contributed by atoms with Gasteiger partial charge in [0.25, 0.3) is 0 Å². The highest BCUT2D eigenvalue weighted by molar-refractivity contribution is 7.89. The van der Waals surface area contributed by atoms with E-state index in [1.54, 1.807) is 0 Å². The molecule has 2 rings (SSSR count). The number of rotatable bonds is 6. The van der Waals surface area contributed by atoms with Crippen molar-refractivity contribution in [3.05, 3.63) is 0 Å². The zero-order valence-corrected chi connectivity index (χ0v) is 13.1. The Labute approximate surface area is 125 Å². The van der Waals surface area contributed by atoms with Crippen LogP contribution in [0.2, 0.25) is 0 Å². The van der Waals surface area contributed by atoms with Gasteiger partial charge in [0.2, 0.25) is 21.8 Å². The van der Waals surface area contributed by atoms with Crippen LogP contribution in [0.4, 0.5) is 0 Å². The standard InChI is InChI=1S/C13H23N3O4S/c1-14-21(19,20)8-7-15-11-9-12(17)16(13(11)18)10-5-3-2-4-6-10/h10-11,14-15H,2-9H2,1H3. The van der Waals surface area contributed by atoms with Crippen molar-refractivity contribution in [1.29, 1.82) is 0 Å². The lowest BCUT2D eigenvalue weighted by Crippen LogP contribution is -2.45. The Bertz CT molecular complexity index is 500. The summed E-state index contributed by atoms with van der Waals surface area (Å²) in [5.41, 5.74) is 0. The molecular weight excluding hydrogens is 294 g/mol. The van der Waals surface area contributed by atoms with Crippen LogP contribution in [0, 0.1) is 0 Å². The molecular formula is C13H23N3O4S. The third-order valence-corrected chi connectivity index (χ3v) is 5.56. The quantitative estimate of drug-likeness (QED) is 0.649. The number of imide groups is 1. The summed E-state index contributed by atoms with van der Waals surface area (Å²) < 4.78 is 24.9. The Morgan fingerprint density at radius 3 is 2.48 bits per heavy atom. The molecule has 2 fully saturated rings. The van der Waals surface area contributed by atoms with E-state index in [4.69, 9.17) is 0 Å². The summed E-state index contributed by atoms with van der Waals surface area (Å²) in [6.45, 7) is 0.158. The Kier molecular flexibility index (Phi) is 5.34. The summed E-state index contributed by atoms with van der Waals surface area (Å²) in [7, 11) is -1.95. The molecule has 8 heteroatoms. The number of nitrogens with one attached hydrogen (secondary N) is 2. The van der Waals surface area contributed by atoms with Crippen molar-refractivity contribution in [2.45, 2.75) is 50.6 Å². The van der Waals surface area contributed by atoms with Gasteiger partial charge in [0.15, 0.2) is 0 Å². The highest BCUT2D eigenvalue weighted by Gasteiger charge is 2.42. The predicted octanol–water partition coefficient (Wildman–Crippen LogP) is -0.415. The SMILES string of the molecule is CNS(=O)(=O)CCNC1CC(=O)N(C2CCCCC2)C1=O. The molecule has 0 aromatic carbocycles. The number of carbonyl (C=O) groups is 2. The van der Waals surface area contributed by atoms with Crippen LogP contribution in [0.15, 0.2) is 0 Å². The fourth-order valence-corrected chi connectivity index (χ4v) is 3.59. The van der Waals surface area contributed by atoms with Gasteiger partial charge in [0, 0.05) is 12.6 Å². The molecule has 0 aromatic heterocycles. The maximum atomic E-state index is 12.3. The zero-order chi connectivity index (χ0) is 15.5. The molecule has 0 spiro atoms. The molecule has 1 atom stereocenters. The van der Waals surface area contributed by atoms with Crippen LogP contribution in [-0.4, -0.2) is 56.6 Å². The summed E-state index contributed by atoms with van der Waals surface area (Å²) in [4.78, 5) is 25.8. The number of nitrogens with zero attached hydrogens (tertiary/aromatic N) is 1. The largest absolute Gasteiger partial charge is 0.304 e. The monoisotopic (exact) mass is 317 g/mol. The summed E-state index contributed by atoms with van der Waals surface area (Å²) in [6, 6.07) is -0.543. The average molecular weight is 317 g/mol. The lowest BCUT2D eigenvalue weighted by atomic mass is 9.94. The molecule has 2 aliphatic rings. The maximum Gasteiger partial charge on any atom is 0.247 e. The van der Waals surface area contributed by atoms with Crippen molar-refractivity contribution in [3.63, 3.8) is 0 Å². The van der Waals surface area contributed by atoms with Gasteiger partial charge in [-0.2, -0.15) is 0 Å². The topological polar surface area (TPSA) is 95.6 Å².